The van der Waals surface area contributed by atoms with Gasteiger partial charge < -0.3 is 63.8 Å². The lowest BCUT2D eigenvalue weighted by atomic mass is 9.90. The number of aromatic hydroxyl groups is 1. The molecule has 0 radical (unpaired) electrons. The Kier molecular flexibility index (Phi) is 16.0. The van der Waals surface area contributed by atoms with Gasteiger partial charge in [0.2, 0.25) is 11.8 Å². The summed E-state index contributed by atoms with van der Waals surface area (Å²) in [6.45, 7) is -0.531. The number of carbonyl (C=O) groups excluding carboxylic acids is 4. The number of aromatic nitrogens is 1. The summed E-state index contributed by atoms with van der Waals surface area (Å²) in [6, 6.07) is 21.5. The lowest BCUT2D eigenvalue weighted by Crippen LogP contribution is -2.50. The van der Waals surface area contributed by atoms with Crippen LogP contribution in [0.25, 0.3) is 18.2 Å². The van der Waals surface area contributed by atoms with Crippen LogP contribution >= 0.6 is 11.3 Å². The number of thiophene rings is 1. The molecule has 0 spiro atoms. The van der Waals surface area contributed by atoms with Crippen LogP contribution in [0.15, 0.2) is 116 Å². The topological polar surface area (TPSA) is 225 Å². The van der Waals surface area contributed by atoms with Gasteiger partial charge in [0.15, 0.2) is 23.8 Å². The van der Waals surface area contributed by atoms with Gasteiger partial charge in [-0.15, -0.1) is 11.3 Å². The molecule has 378 valence electrons. The number of halogens is 2. The van der Waals surface area contributed by atoms with Crippen molar-refractivity contribution in [3.8, 4) is 11.5 Å². The molecule has 8 rings (SSSR count). The molecule has 6 aromatic rings. The number of phenolic OH excluding ortho intramolecular Hbond substituents is 1. The van der Waals surface area contributed by atoms with Crippen LogP contribution in [-0.2, 0) is 14.4 Å². The first-order chi connectivity index (χ1) is 35.2. The molecule has 3 aromatic heterocycles. The van der Waals surface area contributed by atoms with E-state index in [1.807, 2.05) is 24.4 Å². The molecule has 0 saturated carbocycles. The van der Waals surface area contributed by atoms with Gasteiger partial charge in [-0.25, -0.2) is 0 Å². The standard InChI is InChI=1S/C52H53BF2N8O9S/c1-3-39(42-24-13-32(2)72-42)60-47-48(51(69)50(47)68)61-40-10-7-9-38(49(40)67)52(70)58-27-26-57-45(65)30-59-44(64)12-5-4-6-25-56-46(66)31-71-37-21-15-33(16-22-37)14-17-34-18-19-35-29-36-20-23-41(43-11-8-28-73-43)63(36)53(54,55)62(34)35/h7-11,13-24,28-29,39,60-61,67H,3-6,12,25-27,30-31H2,1-2H3,(H,56,66)(H,57,65)(H,58,70)(H,59,64)/b17-14+/t39-/m1/s1. The van der Waals surface area contributed by atoms with Crippen molar-refractivity contribution in [2.75, 3.05) is 43.4 Å². The molecule has 2 aliphatic rings. The fourth-order valence-electron chi connectivity index (χ4n) is 8.39. The van der Waals surface area contributed by atoms with Gasteiger partial charge >= 0.3 is 6.97 Å². The van der Waals surface area contributed by atoms with E-state index in [2.05, 4.69) is 31.9 Å². The molecule has 0 unspecified atom stereocenters. The highest BCUT2D eigenvalue weighted by Crippen LogP contribution is 2.36. The summed E-state index contributed by atoms with van der Waals surface area (Å²) in [6.07, 6.45) is 11.1. The van der Waals surface area contributed by atoms with E-state index < -0.39 is 35.4 Å². The molecule has 17 nitrogen and oxygen atoms in total. The van der Waals surface area contributed by atoms with E-state index in [1.165, 1.54) is 29.5 Å². The van der Waals surface area contributed by atoms with Gasteiger partial charge in [-0.2, -0.15) is 0 Å². The van der Waals surface area contributed by atoms with Gasteiger partial charge in [0, 0.05) is 55.7 Å². The number of carbonyl (C=O) groups is 4. The van der Waals surface area contributed by atoms with Gasteiger partial charge in [-0.3, -0.25) is 28.8 Å². The van der Waals surface area contributed by atoms with Crippen LogP contribution in [0.1, 0.15) is 88.8 Å². The van der Waals surface area contributed by atoms with Crippen molar-refractivity contribution >= 4 is 82.9 Å². The monoisotopic (exact) mass is 1010 g/mol. The van der Waals surface area contributed by atoms with Crippen molar-refractivity contribution in [2.24, 2.45) is 0 Å². The SMILES string of the molecule is CC[C@@H](Nc1c(Nc2cccc(C(=O)NCCNC(=O)CNC(=O)CCCCCNC(=O)COc3ccc(/C=C/c4ccc5n4[B-](F)(F)[N+]4=C(c6cccs6)C=CC4=C5)cc3)c2O)c(=O)c1=O)c1ccc(C)o1. The molecule has 3 aromatic carbocycles. The Hall–Kier alpha value is -8.33. The summed E-state index contributed by atoms with van der Waals surface area (Å²) in [5, 5.41) is 29.1. The van der Waals surface area contributed by atoms with E-state index >= 15 is 8.63 Å². The lowest BCUT2D eigenvalue weighted by molar-refractivity contribution is -0.360. The van der Waals surface area contributed by atoms with Gasteiger partial charge in [-0.05, 0) is 97.8 Å². The smallest absolute Gasteiger partial charge is 0.505 e. The Bertz CT molecular complexity index is 3220. The second-order valence-corrected chi connectivity index (χ2v) is 18.2. The van der Waals surface area contributed by atoms with Crippen molar-refractivity contribution in [3.05, 3.63) is 161 Å². The van der Waals surface area contributed by atoms with E-state index in [9.17, 15) is 33.9 Å². The first kappa shape index (κ1) is 51.0. The summed E-state index contributed by atoms with van der Waals surface area (Å²) in [4.78, 5) is 75.7. The van der Waals surface area contributed by atoms with Crippen molar-refractivity contribution in [1.82, 2.24) is 25.7 Å². The van der Waals surface area contributed by atoms with Crippen LogP contribution in [0.4, 0.5) is 25.7 Å². The largest absolute Gasteiger partial charge is 0.737 e. The number of phenols is 1. The van der Waals surface area contributed by atoms with Crippen LogP contribution in [0.3, 0.4) is 0 Å². The fraction of sp³-hybridized carbons (Fsp3) is 0.250. The molecule has 2 aliphatic heterocycles. The average Bonchev–Trinajstić information content (AvgIpc) is 4.23. The highest BCUT2D eigenvalue weighted by atomic mass is 32.1. The Morgan fingerprint density at radius 1 is 0.836 bits per heavy atom. The van der Waals surface area contributed by atoms with Gasteiger partial charge in [0.1, 0.15) is 28.6 Å². The van der Waals surface area contributed by atoms with Gasteiger partial charge in [0.05, 0.1) is 28.7 Å². The van der Waals surface area contributed by atoms with Crippen LogP contribution in [-0.4, -0.2) is 83.2 Å². The van der Waals surface area contributed by atoms with E-state index in [0.29, 0.717) is 72.3 Å². The van der Waals surface area contributed by atoms with Crippen LogP contribution < -0.4 is 47.5 Å². The molecule has 5 heterocycles. The number of benzene rings is 2. The molecule has 0 saturated heterocycles. The number of unbranched alkanes of at least 4 members (excludes halogenated alkanes) is 2. The van der Waals surface area contributed by atoms with E-state index in [-0.39, 0.29) is 73.1 Å². The Balaban J connectivity index is 0.672. The maximum absolute atomic E-state index is 16.1. The number of para-hydroxylation sites is 1. The first-order valence-electron chi connectivity index (χ1n) is 23.8. The number of fused-ring (bicyclic) bond motifs is 2. The molecule has 4 amide bonds. The van der Waals surface area contributed by atoms with Gasteiger partial charge in [-0.1, -0.05) is 43.7 Å². The molecule has 0 aliphatic carbocycles. The Labute approximate surface area is 422 Å². The van der Waals surface area contributed by atoms with Crippen molar-refractivity contribution in [1.29, 1.82) is 0 Å². The van der Waals surface area contributed by atoms with Crippen LogP contribution in [0, 0.1) is 6.92 Å². The minimum Gasteiger partial charge on any atom is -0.505 e. The van der Waals surface area contributed by atoms with E-state index in [1.54, 1.807) is 85.8 Å². The number of nitrogens with one attached hydrogen (secondary N) is 6. The molecule has 0 fully saturated rings. The number of nitrogens with zero attached hydrogens (tertiary/aromatic N) is 2. The summed E-state index contributed by atoms with van der Waals surface area (Å²) in [5.74, 6) is -0.457. The third-order valence-electron chi connectivity index (χ3n) is 12.2. The van der Waals surface area contributed by atoms with E-state index in [0.717, 1.165) is 19.4 Å². The van der Waals surface area contributed by atoms with Crippen LogP contribution in [0.2, 0.25) is 0 Å². The number of ether oxygens (including phenoxy) is 1. The summed E-state index contributed by atoms with van der Waals surface area (Å²) < 4.78 is 45.8. The number of anilines is 3. The van der Waals surface area contributed by atoms with Crippen molar-refractivity contribution in [3.63, 3.8) is 0 Å². The maximum atomic E-state index is 16.1. The Morgan fingerprint density at radius 3 is 2.37 bits per heavy atom. The highest BCUT2D eigenvalue weighted by molar-refractivity contribution is 7.12. The van der Waals surface area contributed by atoms with Crippen molar-refractivity contribution < 1.29 is 46.6 Å². The number of allylic oxidation sites excluding steroid dienone is 2. The van der Waals surface area contributed by atoms with Crippen LogP contribution in [0.5, 0.6) is 11.5 Å². The predicted molar refractivity (Wildman–Crippen MR) is 277 cm³/mol. The summed E-state index contributed by atoms with van der Waals surface area (Å²) in [7, 11) is 0. The van der Waals surface area contributed by atoms with E-state index in [4.69, 9.17) is 9.15 Å². The number of rotatable bonds is 24. The van der Waals surface area contributed by atoms with Gasteiger partial charge in [0.25, 0.3) is 22.7 Å². The normalized spacial score (nSPS) is 13.8. The third kappa shape index (κ3) is 11.9. The molecular formula is C52H53BF2N8O9S. The number of furan rings is 1. The second kappa shape index (κ2) is 22.8. The quantitative estimate of drug-likeness (QED) is 0.0148. The molecule has 0 bridgehead atoms. The summed E-state index contributed by atoms with van der Waals surface area (Å²) in [5.41, 5.74) is 0.883. The number of hydrogen-bond donors (Lipinski definition) is 7. The zero-order chi connectivity index (χ0) is 51.6. The minimum atomic E-state index is -4.15. The molecule has 7 N–H and O–H groups in total. The predicted octanol–water partition coefficient (Wildman–Crippen LogP) is 6.60. The second-order valence-electron chi connectivity index (χ2n) is 17.3. The first-order valence-corrected chi connectivity index (χ1v) is 24.7. The number of aryl methyl sites for hydroxylation is 1. The maximum Gasteiger partial charge on any atom is 0.737 e. The average molecular weight is 1010 g/mol. The molecule has 21 heteroatoms. The number of hydrogen-bond acceptors (Lipinski definition) is 12. The third-order valence-corrected chi connectivity index (χ3v) is 13.1. The fourth-order valence-corrected chi connectivity index (χ4v) is 9.14. The minimum absolute atomic E-state index is 0.000761. The Morgan fingerprint density at radius 2 is 1.62 bits per heavy atom. The van der Waals surface area contributed by atoms with Crippen molar-refractivity contribution in [2.45, 2.75) is 52.0 Å². The molecule has 1 atom stereocenters. The zero-order valence-electron chi connectivity index (χ0n) is 40.0. The zero-order valence-corrected chi connectivity index (χ0v) is 40.8. The number of amides is 4. The lowest BCUT2D eigenvalue weighted by Gasteiger charge is -2.30. The summed E-state index contributed by atoms with van der Waals surface area (Å²) >= 11 is 1.41. The highest BCUT2D eigenvalue weighted by Gasteiger charge is 2.52. The molecule has 73 heavy (non-hydrogen) atoms. The molecular weight excluding hydrogens is 961 g/mol.